The smallest absolute Gasteiger partial charge is 0.269 e. The highest BCUT2D eigenvalue weighted by atomic mass is 16.1. The number of hydrogen-bond donors (Lipinski definition) is 2. The SMILES string of the molecule is CNC(=O)c1ccc(N2CCNC[C@H]2C)c(C#N)n1. The average Bonchev–Trinajstić information content (AvgIpc) is 2.46. The summed E-state index contributed by atoms with van der Waals surface area (Å²) in [7, 11) is 1.54. The first-order chi connectivity index (χ1) is 9.17. The summed E-state index contributed by atoms with van der Waals surface area (Å²) in [6, 6.07) is 5.84. The molecule has 0 unspecified atom stereocenters. The van der Waals surface area contributed by atoms with E-state index in [0.29, 0.717) is 11.7 Å². The Morgan fingerprint density at radius 3 is 3.05 bits per heavy atom. The molecule has 1 fully saturated rings. The number of aromatic nitrogens is 1. The highest BCUT2D eigenvalue weighted by Gasteiger charge is 2.22. The van der Waals surface area contributed by atoms with Crippen molar-refractivity contribution in [3.63, 3.8) is 0 Å². The third-order valence-corrected chi connectivity index (χ3v) is 3.25. The molecule has 1 aliphatic heterocycles. The zero-order valence-corrected chi connectivity index (χ0v) is 11.1. The standard InChI is InChI=1S/C13H17N5O/c1-9-8-16-5-6-18(9)12-4-3-10(13(19)15-2)17-11(12)7-14/h3-4,9,16H,5-6,8H2,1-2H3,(H,15,19)/t9-/m1/s1. The fourth-order valence-corrected chi connectivity index (χ4v) is 2.22. The molecule has 100 valence electrons. The van der Waals surface area contributed by atoms with Crippen LogP contribution in [0, 0.1) is 11.3 Å². The molecule has 0 radical (unpaired) electrons. The van der Waals surface area contributed by atoms with Crippen molar-refractivity contribution in [3.8, 4) is 6.07 Å². The van der Waals surface area contributed by atoms with Gasteiger partial charge in [-0.15, -0.1) is 0 Å². The van der Waals surface area contributed by atoms with Gasteiger partial charge in [0.2, 0.25) is 0 Å². The van der Waals surface area contributed by atoms with Gasteiger partial charge >= 0.3 is 0 Å². The maximum absolute atomic E-state index is 11.5. The maximum Gasteiger partial charge on any atom is 0.269 e. The van der Waals surface area contributed by atoms with Gasteiger partial charge in [-0.3, -0.25) is 4.79 Å². The lowest BCUT2D eigenvalue weighted by Crippen LogP contribution is -2.50. The van der Waals surface area contributed by atoms with Crippen molar-refractivity contribution in [2.45, 2.75) is 13.0 Å². The highest BCUT2D eigenvalue weighted by molar-refractivity contribution is 5.92. The summed E-state index contributed by atoms with van der Waals surface area (Å²) < 4.78 is 0. The summed E-state index contributed by atoms with van der Waals surface area (Å²) in [6.45, 7) is 4.69. The molecule has 6 heteroatoms. The lowest BCUT2D eigenvalue weighted by atomic mass is 10.1. The number of carbonyl (C=O) groups excluding carboxylic acids is 1. The van der Waals surface area contributed by atoms with Crippen LogP contribution in [-0.4, -0.2) is 43.6 Å². The van der Waals surface area contributed by atoms with E-state index >= 15 is 0 Å². The molecule has 0 aliphatic carbocycles. The molecule has 1 aromatic rings. The van der Waals surface area contributed by atoms with Crippen LogP contribution in [0.15, 0.2) is 12.1 Å². The number of anilines is 1. The third-order valence-electron chi connectivity index (χ3n) is 3.25. The van der Waals surface area contributed by atoms with E-state index in [1.807, 2.05) is 0 Å². The van der Waals surface area contributed by atoms with Gasteiger partial charge in [-0.05, 0) is 19.1 Å². The third kappa shape index (κ3) is 2.66. The van der Waals surface area contributed by atoms with Gasteiger partial charge in [-0.1, -0.05) is 0 Å². The summed E-state index contributed by atoms with van der Waals surface area (Å²) in [6.07, 6.45) is 0. The Morgan fingerprint density at radius 1 is 1.63 bits per heavy atom. The van der Waals surface area contributed by atoms with Crippen LogP contribution in [0.25, 0.3) is 0 Å². The Balaban J connectivity index is 2.36. The van der Waals surface area contributed by atoms with Gasteiger partial charge in [0.25, 0.3) is 5.91 Å². The number of hydrogen-bond acceptors (Lipinski definition) is 5. The molecule has 1 saturated heterocycles. The van der Waals surface area contributed by atoms with Gasteiger partial charge in [0, 0.05) is 32.7 Å². The second kappa shape index (κ2) is 5.67. The minimum atomic E-state index is -0.281. The lowest BCUT2D eigenvalue weighted by molar-refractivity contribution is 0.0958. The monoisotopic (exact) mass is 259 g/mol. The second-order valence-electron chi connectivity index (χ2n) is 4.50. The Labute approximate surface area is 112 Å². The van der Waals surface area contributed by atoms with Crippen molar-refractivity contribution in [1.82, 2.24) is 15.6 Å². The van der Waals surface area contributed by atoms with E-state index in [9.17, 15) is 10.1 Å². The number of amides is 1. The number of nitrogens with zero attached hydrogens (tertiary/aromatic N) is 3. The molecule has 2 N–H and O–H groups in total. The van der Waals surface area contributed by atoms with Crippen LogP contribution in [0.2, 0.25) is 0 Å². The van der Waals surface area contributed by atoms with Crippen molar-refractivity contribution in [3.05, 3.63) is 23.5 Å². The molecule has 1 atom stereocenters. The molecule has 1 aromatic heterocycles. The van der Waals surface area contributed by atoms with Crippen LogP contribution in [0.4, 0.5) is 5.69 Å². The molecule has 0 saturated carbocycles. The van der Waals surface area contributed by atoms with Crippen molar-refractivity contribution in [2.75, 3.05) is 31.6 Å². The predicted molar refractivity (Wildman–Crippen MR) is 72.0 cm³/mol. The molecule has 0 aromatic carbocycles. The summed E-state index contributed by atoms with van der Waals surface area (Å²) in [5.41, 5.74) is 1.37. The molecule has 1 aliphatic rings. The van der Waals surface area contributed by atoms with Crippen molar-refractivity contribution in [1.29, 1.82) is 5.26 Å². The molecule has 0 spiro atoms. The van der Waals surface area contributed by atoms with Gasteiger partial charge in [0.1, 0.15) is 11.8 Å². The minimum Gasteiger partial charge on any atom is -0.364 e. The Morgan fingerprint density at radius 2 is 2.42 bits per heavy atom. The average molecular weight is 259 g/mol. The van der Waals surface area contributed by atoms with Crippen LogP contribution in [0.1, 0.15) is 23.1 Å². The fourth-order valence-electron chi connectivity index (χ4n) is 2.22. The zero-order chi connectivity index (χ0) is 13.8. The maximum atomic E-state index is 11.5. The number of nitriles is 1. The molecular weight excluding hydrogens is 242 g/mol. The Hall–Kier alpha value is -2.13. The number of rotatable bonds is 2. The van der Waals surface area contributed by atoms with E-state index in [1.54, 1.807) is 19.2 Å². The minimum absolute atomic E-state index is 0.269. The van der Waals surface area contributed by atoms with E-state index in [-0.39, 0.29) is 11.6 Å². The van der Waals surface area contributed by atoms with Crippen molar-refractivity contribution >= 4 is 11.6 Å². The van der Waals surface area contributed by atoms with Crippen LogP contribution >= 0.6 is 0 Å². The molecule has 6 nitrogen and oxygen atoms in total. The van der Waals surface area contributed by atoms with Crippen LogP contribution < -0.4 is 15.5 Å². The molecule has 2 heterocycles. The van der Waals surface area contributed by atoms with Gasteiger partial charge in [0.15, 0.2) is 5.69 Å². The fraction of sp³-hybridized carbons (Fsp3) is 0.462. The highest BCUT2D eigenvalue weighted by Crippen LogP contribution is 2.22. The van der Waals surface area contributed by atoms with Crippen LogP contribution in [0.5, 0.6) is 0 Å². The first-order valence-corrected chi connectivity index (χ1v) is 6.28. The number of piperazine rings is 1. The zero-order valence-electron chi connectivity index (χ0n) is 11.1. The van der Waals surface area contributed by atoms with Crippen LogP contribution in [-0.2, 0) is 0 Å². The van der Waals surface area contributed by atoms with Crippen molar-refractivity contribution in [2.24, 2.45) is 0 Å². The molecule has 1 amide bonds. The van der Waals surface area contributed by atoms with E-state index < -0.39 is 0 Å². The first-order valence-electron chi connectivity index (χ1n) is 6.28. The largest absolute Gasteiger partial charge is 0.364 e. The summed E-state index contributed by atoms with van der Waals surface area (Å²) in [5, 5.41) is 15.0. The predicted octanol–water partition coefficient (Wildman–Crippen LogP) is 0.111. The quantitative estimate of drug-likeness (QED) is 0.788. The number of pyridine rings is 1. The molecule has 2 rings (SSSR count). The van der Waals surface area contributed by atoms with Crippen molar-refractivity contribution < 1.29 is 4.79 Å². The Kier molecular flexibility index (Phi) is 3.97. The van der Waals surface area contributed by atoms with E-state index in [2.05, 4.69) is 33.5 Å². The van der Waals surface area contributed by atoms with E-state index in [1.165, 1.54) is 0 Å². The van der Waals surface area contributed by atoms with Crippen LogP contribution in [0.3, 0.4) is 0 Å². The molecular formula is C13H17N5O. The topological polar surface area (TPSA) is 81.0 Å². The number of carbonyl (C=O) groups is 1. The second-order valence-corrected chi connectivity index (χ2v) is 4.50. The number of nitrogens with one attached hydrogen (secondary N) is 2. The summed E-state index contributed by atoms with van der Waals surface area (Å²) in [4.78, 5) is 17.8. The lowest BCUT2D eigenvalue weighted by Gasteiger charge is -2.36. The summed E-state index contributed by atoms with van der Waals surface area (Å²) in [5.74, 6) is -0.281. The van der Waals surface area contributed by atoms with E-state index in [0.717, 1.165) is 25.3 Å². The van der Waals surface area contributed by atoms with E-state index in [4.69, 9.17) is 0 Å². The normalized spacial score (nSPS) is 18.8. The van der Waals surface area contributed by atoms with Gasteiger partial charge < -0.3 is 15.5 Å². The molecule has 0 bridgehead atoms. The summed E-state index contributed by atoms with van der Waals surface area (Å²) >= 11 is 0. The first kappa shape index (κ1) is 13.3. The van der Waals surface area contributed by atoms with Gasteiger partial charge in [-0.25, -0.2) is 4.98 Å². The van der Waals surface area contributed by atoms with Gasteiger partial charge in [0.05, 0.1) is 5.69 Å². The Bertz CT molecular complexity index is 522. The molecule has 19 heavy (non-hydrogen) atoms. The van der Waals surface area contributed by atoms with Gasteiger partial charge in [-0.2, -0.15) is 5.26 Å².